The molecule has 0 amide bonds. The first-order chi connectivity index (χ1) is 10.2. The predicted octanol–water partition coefficient (Wildman–Crippen LogP) is -4.66. The fourth-order valence-electron chi connectivity index (χ4n) is 2.32. The van der Waals surface area contributed by atoms with E-state index in [2.05, 4.69) is 0 Å². The lowest BCUT2D eigenvalue weighted by atomic mass is 10.0. The van der Waals surface area contributed by atoms with Crippen LogP contribution in [0.1, 0.15) is 0 Å². The number of carboxylic acids is 1. The molecule has 2 saturated heterocycles. The van der Waals surface area contributed by atoms with Gasteiger partial charge in [0.05, 0.1) is 13.2 Å². The van der Waals surface area contributed by atoms with Crippen molar-refractivity contribution >= 4 is 5.97 Å². The van der Waals surface area contributed by atoms with Crippen molar-refractivity contribution in [2.24, 2.45) is 0 Å². The van der Waals surface area contributed by atoms with E-state index in [1.165, 1.54) is 0 Å². The maximum atomic E-state index is 11.4. The number of aliphatic hydroxyl groups excluding tert-OH is 6. The van der Waals surface area contributed by atoms with Crippen molar-refractivity contribution in [1.29, 1.82) is 0 Å². The minimum atomic E-state index is -2.81. The minimum Gasteiger partial charge on any atom is -0.477 e. The van der Waals surface area contributed by atoms with Crippen LogP contribution in [0, 0.1) is 0 Å². The van der Waals surface area contributed by atoms with Crippen LogP contribution in [0.4, 0.5) is 0 Å². The van der Waals surface area contributed by atoms with Gasteiger partial charge in [-0.1, -0.05) is 0 Å². The van der Waals surface area contributed by atoms with Crippen LogP contribution in [0.2, 0.25) is 0 Å². The molecule has 0 aromatic rings. The zero-order chi connectivity index (χ0) is 16.7. The minimum absolute atomic E-state index is 0.458. The van der Waals surface area contributed by atoms with Crippen LogP contribution in [-0.4, -0.2) is 104 Å². The lowest BCUT2D eigenvalue weighted by molar-refractivity contribution is -0.354. The summed E-state index contributed by atoms with van der Waals surface area (Å²) in [6, 6.07) is 0. The van der Waals surface area contributed by atoms with E-state index in [9.17, 15) is 35.4 Å². The second kappa shape index (κ2) is 6.31. The molecular formula is C11H18O11. The highest BCUT2D eigenvalue weighted by atomic mass is 16.8. The van der Waals surface area contributed by atoms with Crippen LogP contribution in [0.3, 0.4) is 0 Å². The molecule has 7 N–H and O–H groups in total. The highest BCUT2D eigenvalue weighted by molar-refractivity contribution is 5.77. The van der Waals surface area contributed by atoms with Crippen LogP contribution >= 0.6 is 0 Å². The molecule has 0 spiro atoms. The standard InChI is InChI=1S/C11H18O11/c12-1-4-6(15)8(17)11(21-4,10(18)19)22-9-7(16)5(14)3(13)2-20-9/h3-9,12-17H,1-2H2,(H,18,19)/t3-,4-,5+,6-,7-,8+,9-,11-/m1/s1. The average molecular weight is 326 g/mol. The zero-order valence-corrected chi connectivity index (χ0v) is 11.2. The average Bonchev–Trinajstić information content (AvgIpc) is 2.73. The van der Waals surface area contributed by atoms with Gasteiger partial charge in [0.15, 0.2) is 6.29 Å². The molecule has 0 radical (unpaired) electrons. The number of aliphatic hydroxyl groups is 6. The maximum absolute atomic E-state index is 11.4. The third kappa shape index (κ3) is 2.71. The Balaban J connectivity index is 2.21. The van der Waals surface area contributed by atoms with E-state index in [1.54, 1.807) is 0 Å². The van der Waals surface area contributed by atoms with Gasteiger partial charge in [0.25, 0.3) is 0 Å². The summed E-state index contributed by atoms with van der Waals surface area (Å²) in [5.41, 5.74) is 0. The Kier molecular flexibility index (Phi) is 5.01. The molecule has 0 aliphatic carbocycles. The smallest absolute Gasteiger partial charge is 0.367 e. The number of ether oxygens (including phenoxy) is 3. The number of hydrogen-bond donors (Lipinski definition) is 7. The molecule has 0 saturated carbocycles. The van der Waals surface area contributed by atoms with Gasteiger partial charge in [-0.3, -0.25) is 0 Å². The van der Waals surface area contributed by atoms with Crippen molar-refractivity contribution in [3.63, 3.8) is 0 Å². The van der Waals surface area contributed by atoms with Crippen molar-refractivity contribution in [2.75, 3.05) is 13.2 Å². The molecule has 11 heteroatoms. The van der Waals surface area contributed by atoms with Crippen LogP contribution in [0.15, 0.2) is 0 Å². The summed E-state index contributed by atoms with van der Waals surface area (Å²) in [7, 11) is 0. The van der Waals surface area contributed by atoms with Crippen LogP contribution < -0.4 is 0 Å². The molecule has 0 aromatic heterocycles. The Morgan fingerprint density at radius 3 is 2.27 bits per heavy atom. The van der Waals surface area contributed by atoms with Gasteiger partial charge in [-0.2, -0.15) is 0 Å². The molecule has 2 aliphatic heterocycles. The van der Waals surface area contributed by atoms with Crippen molar-refractivity contribution in [2.45, 2.75) is 48.7 Å². The molecule has 2 fully saturated rings. The molecule has 0 aromatic carbocycles. The Morgan fingerprint density at radius 1 is 1.14 bits per heavy atom. The highest BCUT2D eigenvalue weighted by Gasteiger charge is 2.63. The molecule has 2 heterocycles. The molecule has 8 atom stereocenters. The highest BCUT2D eigenvalue weighted by Crippen LogP contribution is 2.35. The summed E-state index contributed by atoms with van der Waals surface area (Å²) in [6.07, 6.45) is -11.9. The molecule has 2 rings (SSSR count). The lowest BCUT2D eigenvalue weighted by Gasteiger charge is -2.39. The number of carboxylic acid groups (broad SMARTS) is 1. The Labute approximate surface area is 123 Å². The van der Waals surface area contributed by atoms with E-state index in [0.29, 0.717) is 0 Å². The van der Waals surface area contributed by atoms with Gasteiger partial charge in [0.2, 0.25) is 0 Å². The molecule has 0 bridgehead atoms. The van der Waals surface area contributed by atoms with Crippen LogP contribution in [0.25, 0.3) is 0 Å². The van der Waals surface area contributed by atoms with Gasteiger partial charge in [0.1, 0.15) is 36.6 Å². The van der Waals surface area contributed by atoms with E-state index in [1.807, 2.05) is 0 Å². The largest absolute Gasteiger partial charge is 0.477 e. The fourth-order valence-corrected chi connectivity index (χ4v) is 2.32. The molecule has 128 valence electrons. The first kappa shape index (κ1) is 17.5. The third-order valence-electron chi connectivity index (χ3n) is 3.64. The lowest BCUT2D eigenvalue weighted by Crippen LogP contribution is -2.60. The predicted molar refractivity (Wildman–Crippen MR) is 63.2 cm³/mol. The summed E-state index contributed by atoms with van der Waals surface area (Å²) >= 11 is 0. The van der Waals surface area contributed by atoms with Crippen molar-refractivity contribution in [1.82, 2.24) is 0 Å². The number of carbonyl (C=O) groups is 1. The normalized spacial score (nSPS) is 49.3. The van der Waals surface area contributed by atoms with Gasteiger partial charge in [-0.15, -0.1) is 0 Å². The molecule has 22 heavy (non-hydrogen) atoms. The van der Waals surface area contributed by atoms with Gasteiger partial charge in [-0.25, -0.2) is 4.79 Å². The zero-order valence-electron chi connectivity index (χ0n) is 11.2. The third-order valence-corrected chi connectivity index (χ3v) is 3.64. The fraction of sp³-hybridized carbons (Fsp3) is 0.909. The summed E-state index contributed by atoms with van der Waals surface area (Å²) in [5.74, 6) is -4.63. The van der Waals surface area contributed by atoms with Crippen molar-refractivity contribution in [3.8, 4) is 0 Å². The van der Waals surface area contributed by atoms with E-state index in [4.69, 9.17) is 19.3 Å². The van der Waals surface area contributed by atoms with Crippen molar-refractivity contribution in [3.05, 3.63) is 0 Å². The SMILES string of the molecule is O=C(O)[C@@]1(O[C@H]2OC[C@@H](O)[C@H](O)[C@H]2O)O[C@H](CO)[C@@H](O)[C@@H]1O. The summed E-state index contributed by atoms with van der Waals surface area (Å²) in [6.45, 7) is -1.24. The molecule has 2 aliphatic rings. The summed E-state index contributed by atoms with van der Waals surface area (Å²) in [4.78, 5) is 11.4. The van der Waals surface area contributed by atoms with Gasteiger partial charge in [0, 0.05) is 0 Å². The maximum Gasteiger partial charge on any atom is 0.367 e. The molecule has 0 unspecified atom stereocenters. The Morgan fingerprint density at radius 2 is 1.77 bits per heavy atom. The summed E-state index contributed by atoms with van der Waals surface area (Å²) < 4.78 is 14.7. The quantitative estimate of drug-likeness (QED) is 0.263. The number of rotatable bonds is 4. The van der Waals surface area contributed by atoms with E-state index in [-0.39, 0.29) is 0 Å². The van der Waals surface area contributed by atoms with Crippen molar-refractivity contribution < 1.29 is 54.8 Å². The van der Waals surface area contributed by atoms with E-state index in [0.717, 1.165) is 0 Å². The first-order valence-corrected chi connectivity index (χ1v) is 6.46. The van der Waals surface area contributed by atoms with Gasteiger partial charge >= 0.3 is 11.8 Å². The van der Waals surface area contributed by atoms with E-state index < -0.39 is 67.9 Å². The topological polar surface area (TPSA) is 186 Å². The first-order valence-electron chi connectivity index (χ1n) is 6.46. The van der Waals surface area contributed by atoms with Crippen LogP contribution in [0.5, 0.6) is 0 Å². The second-order valence-electron chi connectivity index (χ2n) is 5.12. The molecule has 11 nitrogen and oxygen atoms in total. The molecular weight excluding hydrogens is 308 g/mol. The second-order valence-corrected chi connectivity index (χ2v) is 5.12. The Hall–Kier alpha value is -0.890. The number of hydrogen-bond acceptors (Lipinski definition) is 10. The van der Waals surface area contributed by atoms with Gasteiger partial charge < -0.3 is 50.0 Å². The van der Waals surface area contributed by atoms with Gasteiger partial charge in [-0.05, 0) is 0 Å². The monoisotopic (exact) mass is 326 g/mol. The summed E-state index contributed by atoms with van der Waals surface area (Å²) in [5, 5.41) is 66.4. The van der Waals surface area contributed by atoms with Crippen LogP contribution in [-0.2, 0) is 19.0 Å². The Bertz CT molecular complexity index is 417. The number of aliphatic carboxylic acids is 1. The van der Waals surface area contributed by atoms with E-state index >= 15 is 0 Å².